The molecular weight excluding hydrogens is 200 g/mol. The van der Waals surface area contributed by atoms with E-state index in [0.29, 0.717) is 0 Å². The minimum Gasteiger partial charge on any atom is -0.382 e. The zero-order chi connectivity index (χ0) is 11.9. The molecule has 0 saturated heterocycles. The van der Waals surface area contributed by atoms with Crippen molar-refractivity contribution < 1.29 is 4.74 Å². The van der Waals surface area contributed by atoms with E-state index in [1.54, 1.807) is 0 Å². The molecule has 1 aliphatic carbocycles. The molecule has 0 heterocycles. The van der Waals surface area contributed by atoms with Crippen LogP contribution in [0.15, 0.2) is 0 Å². The molecular formula is C13H28N2O. The second-order valence-corrected chi connectivity index (χ2v) is 4.96. The maximum absolute atomic E-state index is 6.00. The molecule has 16 heavy (non-hydrogen) atoms. The highest BCUT2D eigenvalue weighted by atomic mass is 16.5. The van der Waals surface area contributed by atoms with E-state index < -0.39 is 0 Å². The van der Waals surface area contributed by atoms with Crippen molar-refractivity contribution in [2.45, 2.75) is 51.0 Å². The quantitative estimate of drug-likeness (QED) is 0.677. The molecule has 0 unspecified atom stereocenters. The Kier molecular flexibility index (Phi) is 6.32. The van der Waals surface area contributed by atoms with Crippen LogP contribution in [-0.2, 0) is 4.74 Å². The molecule has 0 aromatic carbocycles. The Morgan fingerprint density at radius 1 is 1.25 bits per heavy atom. The Morgan fingerprint density at radius 3 is 2.50 bits per heavy atom. The standard InChI is InChI=1S/C13H28N2O/c1-3-16-11-7-10-15(2)13(12-14)8-5-4-6-9-13/h3-12,14H2,1-2H3. The van der Waals surface area contributed by atoms with Crippen LogP contribution in [0.1, 0.15) is 45.4 Å². The van der Waals surface area contributed by atoms with Crippen molar-refractivity contribution in [1.29, 1.82) is 0 Å². The molecule has 0 spiro atoms. The minimum atomic E-state index is 0.282. The van der Waals surface area contributed by atoms with E-state index in [2.05, 4.69) is 11.9 Å². The van der Waals surface area contributed by atoms with Gasteiger partial charge in [-0.2, -0.15) is 0 Å². The van der Waals surface area contributed by atoms with E-state index in [1.165, 1.54) is 32.1 Å². The molecule has 0 aromatic heterocycles. The van der Waals surface area contributed by atoms with Crippen LogP contribution in [0, 0.1) is 0 Å². The first-order valence-corrected chi connectivity index (χ1v) is 6.74. The zero-order valence-corrected chi connectivity index (χ0v) is 11.0. The second-order valence-electron chi connectivity index (χ2n) is 4.96. The molecule has 0 aliphatic heterocycles. The first kappa shape index (κ1) is 13.9. The SMILES string of the molecule is CCOCCCN(C)C1(CN)CCCCC1. The Morgan fingerprint density at radius 2 is 1.94 bits per heavy atom. The third-order valence-electron chi connectivity index (χ3n) is 3.96. The highest BCUT2D eigenvalue weighted by molar-refractivity contribution is 4.92. The summed E-state index contributed by atoms with van der Waals surface area (Å²) in [5.41, 5.74) is 6.28. The van der Waals surface area contributed by atoms with Gasteiger partial charge in [0.15, 0.2) is 0 Å². The van der Waals surface area contributed by atoms with Gasteiger partial charge in [0.25, 0.3) is 0 Å². The van der Waals surface area contributed by atoms with Gasteiger partial charge in [0.05, 0.1) is 0 Å². The number of ether oxygens (including phenoxy) is 1. The minimum absolute atomic E-state index is 0.282. The van der Waals surface area contributed by atoms with Gasteiger partial charge in [0.2, 0.25) is 0 Å². The van der Waals surface area contributed by atoms with Crippen molar-refractivity contribution in [3.05, 3.63) is 0 Å². The largest absolute Gasteiger partial charge is 0.382 e. The van der Waals surface area contributed by atoms with E-state index in [-0.39, 0.29) is 5.54 Å². The third kappa shape index (κ3) is 3.72. The Labute approximate surface area is 100 Å². The van der Waals surface area contributed by atoms with Gasteiger partial charge in [0, 0.05) is 31.8 Å². The smallest absolute Gasteiger partial charge is 0.0478 e. The van der Waals surface area contributed by atoms with Crippen LogP contribution in [0.4, 0.5) is 0 Å². The number of likely N-dealkylation sites (N-methyl/N-ethyl adjacent to an activating group) is 1. The normalized spacial score (nSPS) is 20.2. The van der Waals surface area contributed by atoms with Crippen molar-refractivity contribution in [2.75, 3.05) is 33.4 Å². The van der Waals surface area contributed by atoms with Crippen molar-refractivity contribution in [3.63, 3.8) is 0 Å². The molecule has 1 fully saturated rings. The lowest BCUT2D eigenvalue weighted by Crippen LogP contribution is -2.53. The van der Waals surface area contributed by atoms with Gasteiger partial charge < -0.3 is 10.5 Å². The molecule has 0 aromatic rings. The van der Waals surface area contributed by atoms with Gasteiger partial charge in [-0.05, 0) is 33.2 Å². The lowest BCUT2D eigenvalue weighted by molar-refractivity contribution is 0.0669. The Bertz CT molecular complexity index is 179. The van der Waals surface area contributed by atoms with Crippen LogP contribution < -0.4 is 5.73 Å². The average molecular weight is 228 g/mol. The molecule has 0 atom stereocenters. The van der Waals surface area contributed by atoms with Crippen LogP contribution in [0.5, 0.6) is 0 Å². The van der Waals surface area contributed by atoms with Crippen LogP contribution in [0.3, 0.4) is 0 Å². The van der Waals surface area contributed by atoms with Gasteiger partial charge >= 0.3 is 0 Å². The number of nitrogens with two attached hydrogens (primary N) is 1. The van der Waals surface area contributed by atoms with E-state index in [4.69, 9.17) is 10.5 Å². The lowest BCUT2D eigenvalue weighted by atomic mass is 9.80. The number of nitrogens with zero attached hydrogens (tertiary/aromatic N) is 1. The summed E-state index contributed by atoms with van der Waals surface area (Å²) < 4.78 is 5.38. The third-order valence-corrected chi connectivity index (χ3v) is 3.96. The predicted octanol–water partition coefficient (Wildman–Crippen LogP) is 2.01. The molecule has 1 aliphatic rings. The first-order chi connectivity index (χ1) is 7.75. The fourth-order valence-electron chi connectivity index (χ4n) is 2.74. The highest BCUT2D eigenvalue weighted by Crippen LogP contribution is 2.31. The molecule has 96 valence electrons. The van der Waals surface area contributed by atoms with Crippen molar-refractivity contribution in [1.82, 2.24) is 4.90 Å². The van der Waals surface area contributed by atoms with E-state index in [1.807, 2.05) is 6.92 Å². The lowest BCUT2D eigenvalue weighted by Gasteiger charge is -2.44. The number of hydrogen-bond donors (Lipinski definition) is 1. The van der Waals surface area contributed by atoms with Gasteiger partial charge in [-0.1, -0.05) is 19.3 Å². The fraction of sp³-hybridized carbons (Fsp3) is 1.00. The van der Waals surface area contributed by atoms with Crippen molar-refractivity contribution in [3.8, 4) is 0 Å². The first-order valence-electron chi connectivity index (χ1n) is 6.74. The van der Waals surface area contributed by atoms with Crippen molar-refractivity contribution >= 4 is 0 Å². The molecule has 3 nitrogen and oxygen atoms in total. The number of hydrogen-bond acceptors (Lipinski definition) is 3. The summed E-state index contributed by atoms with van der Waals surface area (Å²) in [5, 5.41) is 0. The topological polar surface area (TPSA) is 38.5 Å². The maximum Gasteiger partial charge on any atom is 0.0478 e. The van der Waals surface area contributed by atoms with Crippen LogP contribution in [0.2, 0.25) is 0 Å². The van der Waals surface area contributed by atoms with Gasteiger partial charge in [-0.3, -0.25) is 4.90 Å². The van der Waals surface area contributed by atoms with Crippen molar-refractivity contribution in [2.24, 2.45) is 5.73 Å². The Balaban J connectivity index is 2.33. The Hall–Kier alpha value is -0.120. The second kappa shape index (κ2) is 7.25. The van der Waals surface area contributed by atoms with Crippen LogP contribution in [-0.4, -0.2) is 43.8 Å². The number of rotatable bonds is 7. The summed E-state index contributed by atoms with van der Waals surface area (Å²) in [5.74, 6) is 0. The monoisotopic (exact) mass is 228 g/mol. The molecule has 3 heteroatoms. The predicted molar refractivity (Wildman–Crippen MR) is 68.6 cm³/mol. The van der Waals surface area contributed by atoms with Crippen LogP contribution in [0.25, 0.3) is 0 Å². The maximum atomic E-state index is 6.00. The van der Waals surface area contributed by atoms with E-state index >= 15 is 0 Å². The summed E-state index contributed by atoms with van der Waals surface area (Å²) in [6.45, 7) is 5.66. The van der Waals surface area contributed by atoms with E-state index in [0.717, 1.165) is 32.7 Å². The fourth-order valence-corrected chi connectivity index (χ4v) is 2.74. The molecule has 0 amide bonds. The van der Waals surface area contributed by atoms with E-state index in [9.17, 15) is 0 Å². The molecule has 0 radical (unpaired) electrons. The summed E-state index contributed by atoms with van der Waals surface area (Å²) in [6, 6.07) is 0. The molecule has 1 rings (SSSR count). The molecule has 2 N–H and O–H groups in total. The highest BCUT2D eigenvalue weighted by Gasteiger charge is 2.34. The summed E-state index contributed by atoms with van der Waals surface area (Å²) in [6.07, 6.45) is 7.73. The summed E-state index contributed by atoms with van der Waals surface area (Å²) in [4.78, 5) is 2.48. The zero-order valence-electron chi connectivity index (χ0n) is 11.0. The average Bonchev–Trinajstić information content (AvgIpc) is 2.35. The van der Waals surface area contributed by atoms with Gasteiger partial charge in [0.1, 0.15) is 0 Å². The molecule has 0 bridgehead atoms. The summed E-state index contributed by atoms with van der Waals surface area (Å²) >= 11 is 0. The van der Waals surface area contributed by atoms with Gasteiger partial charge in [-0.25, -0.2) is 0 Å². The summed E-state index contributed by atoms with van der Waals surface area (Å²) in [7, 11) is 2.23. The molecule has 1 saturated carbocycles. The van der Waals surface area contributed by atoms with Crippen LogP contribution >= 0.6 is 0 Å². The van der Waals surface area contributed by atoms with Gasteiger partial charge in [-0.15, -0.1) is 0 Å².